The molecule has 0 unspecified atom stereocenters. The summed E-state index contributed by atoms with van der Waals surface area (Å²) in [5.74, 6) is 1.43. The van der Waals surface area contributed by atoms with Crippen LogP contribution in [0.25, 0.3) is 0 Å². The smallest absolute Gasteiger partial charge is 0.225 e. The minimum absolute atomic E-state index is 0.303. The molecule has 0 radical (unpaired) electrons. The number of anilines is 1. The van der Waals surface area contributed by atoms with E-state index in [1.54, 1.807) is 6.20 Å². The van der Waals surface area contributed by atoms with Gasteiger partial charge >= 0.3 is 0 Å². The van der Waals surface area contributed by atoms with Crippen molar-refractivity contribution in [2.75, 3.05) is 31.1 Å². The Bertz CT molecular complexity index is 477. The fourth-order valence-corrected chi connectivity index (χ4v) is 2.58. The molecular weight excluding hydrogens is 264 g/mol. The lowest BCUT2D eigenvalue weighted by Crippen LogP contribution is -2.36. The molecule has 1 amide bonds. The summed E-state index contributed by atoms with van der Waals surface area (Å²) in [5, 5.41) is 0.410. The average Bonchev–Trinajstić information content (AvgIpc) is 3.24. The number of carbonyl (C=O) groups excluding carboxylic acids is 1. The minimum Gasteiger partial charge on any atom is -0.353 e. The molecule has 0 aromatic carbocycles. The molecule has 1 aliphatic carbocycles. The molecule has 19 heavy (non-hydrogen) atoms. The number of carbonyl (C=O) groups is 1. The van der Waals surface area contributed by atoms with Gasteiger partial charge in [0.05, 0.1) is 12.4 Å². The maximum atomic E-state index is 12.1. The Morgan fingerprint density at radius 2 is 2.05 bits per heavy atom. The third kappa shape index (κ3) is 2.97. The predicted molar refractivity (Wildman–Crippen MR) is 73.2 cm³/mol. The summed E-state index contributed by atoms with van der Waals surface area (Å²) >= 11 is 5.87. The van der Waals surface area contributed by atoms with E-state index in [-0.39, 0.29) is 0 Å². The molecular formula is C13H17ClN4O. The van der Waals surface area contributed by atoms with Gasteiger partial charge in [0.1, 0.15) is 11.0 Å². The number of hydrogen-bond donors (Lipinski definition) is 0. The van der Waals surface area contributed by atoms with Crippen molar-refractivity contribution < 1.29 is 4.79 Å². The van der Waals surface area contributed by atoms with E-state index >= 15 is 0 Å². The second-order valence-electron chi connectivity index (χ2n) is 5.14. The molecule has 2 heterocycles. The first-order chi connectivity index (χ1) is 9.24. The van der Waals surface area contributed by atoms with Crippen LogP contribution in [0, 0.1) is 5.92 Å². The van der Waals surface area contributed by atoms with Crippen LogP contribution in [0.15, 0.2) is 12.4 Å². The van der Waals surface area contributed by atoms with E-state index in [1.165, 1.54) is 6.20 Å². The summed E-state index contributed by atoms with van der Waals surface area (Å²) in [4.78, 5) is 24.6. The van der Waals surface area contributed by atoms with Gasteiger partial charge in [-0.15, -0.1) is 0 Å². The van der Waals surface area contributed by atoms with Gasteiger partial charge in [-0.1, -0.05) is 11.6 Å². The van der Waals surface area contributed by atoms with Crippen molar-refractivity contribution in [1.82, 2.24) is 14.9 Å². The zero-order valence-corrected chi connectivity index (χ0v) is 11.5. The van der Waals surface area contributed by atoms with Gasteiger partial charge < -0.3 is 9.80 Å². The van der Waals surface area contributed by atoms with Crippen molar-refractivity contribution in [3.63, 3.8) is 0 Å². The SMILES string of the molecule is O=C(C1CC1)N1CCCN(c2cncc(Cl)n2)CC1. The molecule has 2 fully saturated rings. The summed E-state index contributed by atoms with van der Waals surface area (Å²) in [6.07, 6.45) is 6.36. The van der Waals surface area contributed by atoms with Crippen molar-refractivity contribution in [2.24, 2.45) is 5.92 Å². The van der Waals surface area contributed by atoms with Gasteiger partial charge in [0.25, 0.3) is 0 Å². The highest BCUT2D eigenvalue weighted by molar-refractivity contribution is 6.29. The van der Waals surface area contributed by atoms with E-state index in [4.69, 9.17) is 11.6 Å². The van der Waals surface area contributed by atoms with E-state index in [9.17, 15) is 4.79 Å². The normalized spacial score (nSPS) is 20.3. The third-order valence-corrected chi connectivity index (χ3v) is 3.83. The Labute approximate surface area is 117 Å². The second-order valence-corrected chi connectivity index (χ2v) is 5.53. The molecule has 1 saturated heterocycles. The summed E-state index contributed by atoms with van der Waals surface area (Å²) in [5.41, 5.74) is 0. The Hall–Kier alpha value is -1.36. The quantitative estimate of drug-likeness (QED) is 0.825. The Balaban J connectivity index is 1.65. The molecule has 0 atom stereocenters. The molecule has 0 bridgehead atoms. The molecule has 0 spiro atoms. The maximum absolute atomic E-state index is 12.1. The van der Waals surface area contributed by atoms with Crippen molar-refractivity contribution in [1.29, 1.82) is 0 Å². The zero-order chi connectivity index (χ0) is 13.2. The van der Waals surface area contributed by atoms with Crippen LogP contribution in [0.5, 0.6) is 0 Å². The fraction of sp³-hybridized carbons (Fsp3) is 0.615. The number of hydrogen-bond acceptors (Lipinski definition) is 4. The lowest BCUT2D eigenvalue weighted by molar-refractivity contribution is -0.132. The maximum Gasteiger partial charge on any atom is 0.225 e. The van der Waals surface area contributed by atoms with Gasteiger partial charge in [-0.3, -0.25) is 9.78 Å². The first kappa shape index (κ1) is 12.7. The van der Waals surface area contributed by atoms with Gasteiger partial charge in [0.2, 0.25) is 5.91 Å². The lowest BCUT2D eigenvalue weighted by Gasteiger charge is -2.22. The first-order valence-electron chi connectivity index (χ1n) is 6.75. The standard InChI is InChI=1S/C13H17ClN4O/c14-11-8-15-9-12(16-11)17-4-1-5-18(7-6-17)13(19)10-2-3-10/h8-10H,1-7H2. The van der Waals surface area contributed by atoms with E-state index in [0.29, 0.717) is 17.0 Å². The number of rotatable bonds is 2. The fourth-order valence-electron chi connectivity index (χ4n) is 2.44. The minimum atomic E-state index is 0.303. The van der Waals surface area contributed by atoms with E-state index in [0.717, 1.165) is 51.3 Å². The summed E-state index contributed by atoms with van der Waals surface area (Å²) in [6, 6.07) is 0. The van der Waals surface area contributed by atoms with Crippen LogP contribution in [0.2, 0.25) is 5.15 Å². The van der Waals surface area contributed by atoms with Crippen molar-refractivity contribution in [3.05, 3.63) is 17.5 Å². The van der Waals surface area contributed by atoms with Crippen LogP contribution < -0.4 is 4.90 Å². The first-order valence-corrected chi connectivity index (χ1v) is 7.13. The van der Waals surface area contributed by atoms with E-state index in [2.05, 4.69) is 14.9 Å². The van der Waals surface area contributed by atoms with Crippen molar-refractivity contribution in [3.8, 4) is 0 Å². The number of nitrogens with zero attached hydrogens (tertiary/aromatic N) is 4. The van der Waals surface area contributed by atoms with E-state index in [1.807, 2.05) is 4.90 Å². The molecule has 0 N–H and O–H groups in total. The van der Waals surface area contributed by atoms with Crippen LogP contribution >= 0.6 is 11.6 Å². The van der Waals surface area contributed by atoms with Crippen LogP contribution in [0.4, 0.5) is 5.82 Å². The second kappa shape index (κ2) is 5.33. The third-order valence-electron chi connectivity index (χ3n) is 3.65. The summed E-state index contributed by atoms with van der Waals surface area (Å²) < 4.78 is 0. The van der Waals surface area contributed by atoms with Crippen LogP contribution in [-0.2, 0) is 4.79 Å². The highest BCUT2D eigenvalue weighted by atomic mass is 35.5. The monoisotopic (exact) mass is 280 g/mol. The van der Waals surface area contributed by atoms with Crippen LogP contribution in [0.3, 0.4) is 0 Å². The topological polar surface area (TPSA) is 49.3 Å². The lowest BCUT2D eigenvalue weighted by atomic mass is 10.3. The molecule has 2 aliphatic rings. The van der Waals surface area contributed by atoms with Gasteiger partial charge in [-0.25, -0.2) is 4.98 Å². The summed E-state index contributed by atoms with van der Waals surface area (Å²) in [7, 11) is 0. The number of amides is 1. The highest BCUT2D eigenvalue weighted by Crippen LogP contribution is 2.31. The molecule has 1 saturated carbocycles. The van der Waals surface area contributed by atoms with E-state index < -0.39 is 0 Å². The van der Waals surface area contributed by atoms with Gasteiger partial charge in [0, 0.05) is 32.1 Å². The largest absolute Gasteiger partial charge is 0.353 e. The van der Waals surface area contributed by atoms with Gasteiger partial charge in [-0.05, 0) is 19.3 Å². The molecule has 1 aromatic heterocycles. The molecule has 1 aliphatic heterocycles. The molecule has 5 nitrogen and oxygen atoms in total. The van der Waals surface area contributed by atoms with Crippen LogP contribution in [0.1, 0.15) is 19.3 Å². The average molecular weight is 281 g/mol. The van der Waals surface area contributed by atoms with Crippen molar-refractivity contribution >= 4 is 23.3 Å². The molecule has 102 valence electrons. The Kier molecular flexibility index (Phi) is 3.55. The zero-order valence-electron chi connectivity index (χ0n) is 10.8. The molecule has 3 rings (SSSR count). The predicted octanol–water partition coefficient (Wildman–Crippen LogP) is 1.58. The molecule has 6 heteroatoms. The van der Waals surface area contributed by atoms with Crippen LogP contribution in [-0.4, -0.2) is 47.0 Å². The highest BCUT2D eigenvalue weighted by Gasteiger charge is 2.33. The Morgan fingerprint density at radius 1 is 1.21 bits per heavy atom. The van der Waals surface area contributed by atoms with Gasteiger partial charge in [0.15, 0.2) is 0 Å². The number of aromatic nitrogens is 2. The molecule has 1 aromatic rings. The Morgan fingerprint density at radius 3 is 2.79 bits per heavy atom. The van der Waals surface area contributed by atoms with Gasteiger partial charge in [-0.2, -0.15) is 0 Å². The number of halogens is 1. The summed E-state index contributed by atoms with van der Waals surface area (Å²) in [6.45, 7) is 3.31. The van der Waals surface area contributed by atoms with Crippen molar-refractivity contribution in [2.45, 2.75) is 19.3 Å².